The highest BCUT2D eigenvalue weighted by molar-refractivity contribution is 5.96. The van der Waals surface area contributed by atoms with E-state index in [4.69, 9.17) is 5.11 Å². The van der Waals surface area contributed by atoms with Crippen LogP contribution < -0.4 is 0 Å². The molecule has 0 spiro atoms. The van der Waals surface area contributed by atoms with Crippen LogP contribution in [0.3, 0.4) is 0 Å². The molecule has 0 atom stereocenters. The van der Waals surface area contributed by atoms with Crippen LogP contribution in [-0.2, 0) is 4.79 Å². The molecule has 0 aromatic heterocycles. The third kappa shape index (κ3) is 3.56. The summed E-state index contributed by atoms with van der Waals surface area (Å²) < 4.78 is 0. The molecule has 0 amide bonds. The lowest BCUT2D eigenvalue weighted by Gasteiger charge is -2.09. The van der Waals surface area contributed by atoms with Crippen molar-refractivity contribution in [2.24, 2.45) is 11.8 Å². The van der Waals surface area contributed by atoms with E-state index in [0.29, 0.717) is 17.9 Å². The zero-order valence-corrected chi connectivity index (χ0v) is 8.29. The van der Waals surface area contributed by atoms with Crippen LogP contribution in [0.2, 0.25) is 0 Å². The topological polar surface area (TPSA) is 37.3 Å². The molecule has 0 radical (unpaired) electrons. The van der Waals surface area contributed by atoms with Gasteiger partial charge in [0.15, 0.2) is 5.78 Å². The molecular formula is C10H18O2. The summed E-state index contributed by atoms with van der Waals surface area (Å²) in [6.07, 6.45) is 1.61. The summed E-state index contributed by atoms with van der Waals surface area (Å²) in [6.45, 7) is 7.73. The average molecular weight is 170 g/mol. The van der Waals surface area contributed by atoms with Crippen LogP contribution >= 0.6 is 0 Å². The van der Waals surface area contributed by atoms with Crippen LogP contribution in [0.4, 0.5) is 0 Å². The molecule has 0 rings (SSSR count). The first-order chi connectivity index (χ1) is 5.49. The first-order valence-corrected chi connectivity index (χ1v) is 4.36. The van der Waals surface area contributed by atoms with Crippen LogP contribution in [0.15, 0.2) is 11.8 Å². The van der Waals surface area contributed by atoms with Crippen molar-refractivity contribution in [3.63, 3.8) is 0 Å². The summed E-state index contributed by atoms with van der Waals surface area (Å²) in [4.78, 5) is 11.4. The molecule has 0 aromatic carbocycles. The van der Waals surface area contributed by atoms with Crippen molar-refractivity contribution >= 4 is 5.78 Å². The minimum Gasteiger partial charge on any atom is -0.515 e. The molecule has 1 N–H and O–H groups in total. The average Bonchev–Trinajstić information content (AvgIpc) is 1.98. The lowest BCUT2D eigenvalue weighted by Crippen LogP contribution is -2.12. The van der Waals surface area contributed by atoms with Crippen LogP contribution in [-0.4, -0.2) is 10.9 Å². The smallest absolute Gasteiger partial charge is 0.164 e. The van der Waals surface area contributed by atoms with Gasteiger partial charge in [-0.3, -0.25) is 4.79 Å². The van der Waals surface area contributed by atoms with E-state index in [9.17, 15) is 4.79 Å². The number of carbonyl (C=O) groups is 1. The minimum atomic E-state index is -0.0258. The predicted molar refractivity (Wildman–Crippen MR) is 50.0 cm³/mol. The van der Waals surface area contributed by atoms with Gasteiger partial charge in [-0.25, -0.2) is 0 Å². The molecule has 0 saturated heterocycles. The predicted octanol–water partition coefficient (Wildman–Crippen LogP) is 2.70. The van der Waals surface area contributed by atoms with Crippen molar-refractivity contribution in [2.45, 2.75) is 34.1 Å². The van der Waals surface area contributed by atoms with Gasteiger partial charge in [-0.2, -0.15) is 0 Å². The summed E-state index contributed by atoms with van der Waals surface area (Å²) in [5, 5.41) is 8.81. The summed E-state index contributed by atoms with van der Waals surface area (Å²) in [5.74, 6) is 0.430. The molecule has 12 heavy (non-hydrogen) atoms. The van der Waals surface area contributed by atoms with Gasteiger partial charge in [0.05, 0.1) is 6.26 Å². The van der Waals surface area contributed by atoms with Gasteiger partial charge < -0.3 is 5.11 Å². The lowest BCUT2D eigenvalue weighted by atomic mass is 9.95. The van der Waals surface area contributed by atoms with Crippen molar-refractivity contribution in [1.29, 1.82) is 0 Å². The molecule has 0 saturated carbocycles. The molecule has 70 valence electrons. The van der Waals surface area contributed by atoms with Gasteiger partial charge in [0.1, 0.15) is 0 Å². The third-order valence-corrected chi connectivity index (χ3v) is 1.62. The number of rotatable bonds is 4. The maximum atomic E-state index is 11.4. The number of allylic oxidation sites excluding steroid dienone is 1. The van der Waals surface area contributed by atoms with Gasteiger partial charge in [-0.05, 0) is 12.3 Å². The zero-order chi connectivity index (χ0) is 9.72. The zero-order valence-electron chi connectivity index (χ0n) is 8.29. The van der Waals surface area contributed by atoms with Crippen molar-refractivity contribution in [3.8, 4) is 0 Å². The van der Waals surface area contributed by atoms with E-state index in [2.05, 4.69) is 0 Å². The number of carbonyl (C=O) groups excluding carboxylic acids is 1. The molecule has 0 aromatic rings. The highest BCUT2D eigenvalue weighted by Crippen LogP contribution is 2.14. The van der Waals surface area contributed by atoms with E-state index in [0.717, 1.165) is 6.26 Å². The van der Waals surface area contributed by atoms with E-state index < -0.39 is 0 Å². The first-order valence-electron chi connectivity index (χ1n) is 4.36. The highest BCUT2D eigenvalue weighted by atomic mass is 16.2. The Morgan fingerprint density at radius 1 is 1.33 bits per heavy atom. The van der Waals surface area contributed by atoms with Crippen LogP contribution in [0.1, 0.15) is 34.1 Å². The van der Waals surface area contributed by atoms with E-state index in [1.165, 1.54) is 0 Å². The van der Waals surface area contributed by atoms with Crippen molar-refractivity contribution in [2.75, 3.05) is 0 Å². The number of ketones is 1. The third-order valence-electron chi connectivity index (χ3n) is 1.62. The number of hydrogen-bond acceptors (Lipinski definition) is 2. The monoisotopic (exact) mass is 170 g/mol. The van der Waals surface area contributed by atoms with Gasteiger partial charge in [0, 0.05) is 11.5 Å². The van der Waals surface area contributed by atoms with Gasteiger partial charge in [-0.15, -0.1) is 0 Å². The Morgan fingerprint density at radius 2 is 1.83 bits per heavy atom. The van der Waals surface area contributed by atoms with E-state index in [1.807, 2.05) is 27.7 Å². The van der Waals surface area contributed by atoms with Crippen molar-refractivity contribution in [3.05, 3.63) is 11.8 Å². The fourth-order valence-electron chi connectivity index (χ4n) is 1.03. The Balaban J connectivity index is 4.28. The van der Waals surface area contributed by atoms with Gasteiger partial charge in [0.25, 0.3) is 0 Å². The molecule has 2 nitrogen and oxygen atoms in total. The second-order valence-electron chi connectivity index (χ2n) is 3.77. The molecule has 0 fully saturated rings. The Morgan fingerprint density at radius 3 is 2.08 bits per heavy atom. The van der Waals surface area contributed by atoms with E-state index in [1.54, 1.807) is 0 Å². The number of aliphatic hydroxyl groups is 1. The molecule has 0 aliphatic rings. The second-order valence-corrected chi connectivity index (χ2v) is 3.77. The maximum absolute atomic E-state index is 11.4. The van der Waals surface area contributed by atoms with Crippen LogP contribution in [0, 0.1) is 11.8 Å². The van der Waals surface area contributed by atoms with Crippen molar-refractivity contribution < 1.29 is 9.90 Å². The Bertz CT molecular complexity index is 178. The Kier molecular flexibility index (Phi) is 4.64. The first kappa shape index (κ1) is 11.2. The quantitative estimate of drug-likeness (QED) is 0.520. The Hall–Kier alpha value is -0.790. The van der Waals surface area contributed by atoms with Gasteiger partial charge in [-0.1, -0.05) is 27.7 Å². The molecule has 0 heterocycles. The number of aliphatic hydroxyl groups excluding tert-OH is 1. The number of Topliss-reactive ketones (excluding diaryl/α,β-unsaturated/α-hetero) is 1. The molecule has 0 aliphatic heterocycles. The van der Waals surface area contributed by atoms with E-state index in [-0.39, 0.29) is 11.7 Å². The fourth-order valence-corrected chi connectivity index (χ4v) is 1.03. The van der Waals surface area contributed by atoms with Crippen LogP contribution in [0.5, 0.6) is 0 Å². The van der Waals surface area contributed by atoms with Gasteiger partial charge in [0.2, 0.25) is 0 Å². The molecule has 2 heteroatoms. The maximum Gasteiger partial charge on any atom is 0.164 e. The normalized spacial score (nSPS) is 12.7. The van der Waals surface area contributed by atoms with Crippen LogP contribution in [0.25, 0.3) is 0 Å². The summed E-state index contributed by atoms with van der Waals surface area (Å²) in [7, 11) is 0. The summed E-state index contributed by atoms with van der Waals surface area (Å²) >= 11 is 0. The summed E-state index contributed by atoms with van der Waals surface area (Å²) in [5.41, 5.74) is 0.542. The van der Waals surface area contributed by atoms with Crippen molar-refractivity contribution in [1.82, 2.24) is 0 Å². The Labute approximate surface area is 74.3 Å². The molecular weight excluding hydrogens is 152 g/mol. The summed E-state index contributed by atoms with van der Waals surface area (Å²) in [6, 6.07) is 0. The number of hydrogen-bond donors (Lipinski definition) is 1. The SMILES string of the molecule is CC(C)C/C(=C\O)C(=O)C(C)C. The van der Waals surface area contributed by atoms with E-state index >= 15 is 0 Å². The molecule has 0 unspecified atom stereocenters. The standard InChI is InChI=1S/C10H18O2/c1-7(2)5-9(6-11)10(12)8(3)4/h6-8,11H,5H2,1-4H3/b9-6+. The second kappa shape index (κ2) is 4.96. The molecule has 0 aliphatic carbocycles. The van der Waals surface area contributed by atoms with Gasteiger partial charge >= 0.3 is 0 Å². The largest absolute Gasteiger partial charge is 0.515 e. The minimum absolute atomic E-state index is 0.0258. The highest BCUT2D eigenvalue weighted by Gasteiger charge is 2.14. The fraction of sp³-hybridized carbons (Fsp3) is 0.700. The molecule has 0 bridgehead atoms. The lowest BCUT2D eigenvalue weighted by molar-refractivity contribution is -0.118.